The molecule has 2 N–H and O–H groups in total. The first kappa shape index (κ1) is 22.1. The van der Waals surface area contributed by atoms with Gasteiger partial charge in [0.25, 0.3) is 0 Å². The Hall–Kier alpha value is -1.18. The van der Waals surface area contributed by atoms with Gasteiger partial charge >= 0.3 is 6.18 Å². The van der Waals surface area contributed by atoms with Gasteiger partial charge < -0.3 is 15.5 Å². The van der Waals surface area contributed by atoms with Crippen molar-refractivity contribution in [2.24, 2.45) is 0 Å². The van der Waals surface area contributed by atoms with E-state index in [2.05, 4.69) is 10.6 Å². The highest BCUT2D eigenvalue weighted by Gasteiger charge is 2.31. The van der Waals surface area contributed by atoms with Gasteiger partial charge in [-0.1, -0.05) is 0 Å². The van der Waals surface area contributed by atoms with Gasteiger partial charge in [0.2, 0.25) is 5.91 Å². The highest BCUT2D eigenvalue weighted by atomic mass is 35.5. The van der Waals surface area contributed by atoms with Gasteiger partial charge in [0, 0.05) is 14.1 Å². The predicted octanol–water partition coefficient (Wildman–Crippen LogP) is 2.77. The zero-order chi connectivity index (χ0) is 14.6. The van der Waals surface area contributed by atoms with Gasteiger partial charge in [-0.2, -0.15) is 13.2 Å². The number of nitrogens with zero attached hydrogens (tertiary/aromatic N) is 1. The van der Waals surface area contributed by atoms with Crippen molar-refractivity contribution >= 4 is 42.1 Å². The Balaban J connectivity index is 0. The SMILES string of the molecule is CNCC(=O)Nc1cc(C(F)(F)F)ccc1N(C)C.Cl.Cl. The normalized spacial score (nSPS) is 10.2. The van der Waals surface area contributed by atoms with Crippen molar-refractivity contribution in [1.82, 2.24) is 5.32 Å². The lowest BCUT2D eigenvalue weighted by Gasteiger charge is -2.19. The molecule has 0 aromatic heterocycles. The van der Waals surface area contributed by atoms with Gasteiger partial charge in [-0.25, -0.2) is 0 Å². The van der Waals surface area contributed by atoms with Crippen LogP contribution in [0.3, 0.4) is 0 Å². The van der Waals surface area contributed by atoms with Crippen LogP contribution in [0.25, 0.3) is 0 Å². The molecule has 1 aromatic rings. The van der Waals surface area contributed by atoms with E-state index in [9.17, 15) is 18.0 Å². The Labute approximate surface area is 133 Å². The molecular weight excluding hydrogens is 330 g/mol. The van der Waals surface area contributed by atoms with Gasteiger partial charge in [0.1, 0.15) is 0 Å². The number of rotatable bonds is 4. The molecule has 0 spiro atoms. The van der Waals surface area contributed by atoms with Gasteiger partial charge in [-0.05, 0) is 25.2 Å². The molecule has 0 bridgehead atoms. The summed E-state index contributed by atoms with van der Waals surface area (Å²) in [5.74, 6) is -0.398. The van der Waals surface area contributed by atoms with E-state index in [4.69, 9.17) is 0 Å². The number of carbonyl (C=O) groups is 1. The molecule has 0 aliphatic heterocycles. The number of alkyl halides is 3. The van der Waals surface area contributed by atoms with Crippen LogP contribution in [0.1, 0.15) is 5.56 Å². The van der Waals surface area contributed by atoms with Crippen LogP contribution in [-0.4, -0.2) is 33.6 Å². The number of anilines is 2. The Kier molecular flexibility index (Phi) is 9.44. The van der Waals surface area contributed by atoms with E-state index in [0.29, 0.717) is 5.69 Å². The van der Waals surface area contributed by atoms with Crippen LogP contribution in [0.15, 0.2) is 18.2 Å². The van der Waals surface area contributed by atoms with Gasteiger partial charge in [-0.3, -0.25) is 4.79 Å². The summed E-state index contributed by atoms with van der Waals surface area (Å²) in [6, 6.07) is 3.25. The van der Waals surface area contributed by atoms with Crippen LogP contribution in [0.4, 0.5) is 24.5 Å². The quantitative estimate of drug-likeness (QED) is 0.880. The maximum atomic E-state index is 12.6. The Morgan fingerprint density at radius 3 is 2.24 bits per heavy atom. The minimum atomic E-state index is -4.44. The number of halogens is 5. The molecule has 21 heavy (non-hydrogen) atoms. The van der Waals surface area contributed by atoms with Crippen LogP contribution in [0, 0.1) is 0 Å². The third-order valence-electron chi connectivity index (χ3n) is 2.42. The fourth-order valence-corrected chi connectivity index (χ4v) is 1.56. The third kappa shape index (κ3) is 6.41. The van der Waals surface area contributed by atoms with Crippen molar-refractivity contribution in [3.05, 3.63) is 23.8 Å². The molecule has 0 saturated carbocycles. The Morgan fingerprint density at radius 1 is 1.24 bits per heavy atom. The van der Waals surface area contributed by atoms with Crippen molar-refractivity contribution in [1.29, 1.82) is 0 Å². The molecule has 0 saturated heterocycles. The zero-order valence-electron chi connectivity index (χ0n) is 11.7. The summed E-state index contributed by atoms with van der Waals surface area (Å²) < 4.78 is 37.9. The summed E-state index contributed by atoms with van der Waals surface area (Å²) in [6.45, 7) is 0.0309. The molecule has 0 fully saturated rings. The fraction of sp³-hybridized carbons (Fsp3) is 0.417. The molecule has 0 aliphatic carbocycles. The monoisotopic (exact) mass is 347 g/mol. The average molecular weight is 348 g/mol. The lowest BCUT2D eigenvalue weighted by Crippen LogP contribution is -2.26. The van der Waals surface area contributed by atoms with E-state index in [1.54, 1.807) is 26.0 Å². The largest absolute Gasteiger partial charge is 0.416 e. The molecule has 0 atom stereocenters. The number of nitrogens with one attached hydrogen (secondary N) is 2. The summed E-state index contributed by atoms with van der Waals surface area (Å²) in [7, 11) is 4.96. The minimum absolute atomic E-state index is 0. The first-order valence-corrected chi connectivity index (χ1v) is 5.58. The van der Waals surface area contributed by atoms with E-state index in [0.717, 1.165) is 12.1 Å². The van der Waals surface area contributed by atoms with Crippen molar-refractivity contribution < 1.29 is 18.0 Å². The van der Waals surface area contributed by atoms with Crippen LogP contribution in [0.2, 0.25) is 0 Å². The van der Waals surface area contributed by atoms with Crippen molar-refractivity contribution in [2.45, 2.75) is 6.18 Å². The van der Waals surface area contributed by atoms with E-state index < -0.39 is 17.6 Å². The maximum Gasteiger partial charge on any atom is 0.416 e. The molecule has 1 amide bonds. The number of carbonyl (C=O) groups excluding carboxylic acids is 1. The highest BCUT2D eigenvalue weighted by Crippen LogP contribution is 2.34. The van der Waals surface area contributed by atoms with Gasteiger partial charge in [0.05, 0.1) is 23.5 Å². The third-order valence-corrected chi connectivity index (χ3v) is 2.42. The lowest BCUT2D eigenvalue weighted by molar-refractivity contribution is -0.137. The van der Waals surface area contributed by atoms with Crippen molar-refractivity contribution in [3.63, 3.8) is 0 Å². The average Bonchev–Trinajstić information content (AvgIpc) is 2.27. The van der Waals surface area contributed by atoms with Crippen LogP contribution < -0.4 is 15.5 Å². The molecule has 1 rings (SSSR count). The number of benzene rings is 1. The number of likely N-dealkylation sites (N-methyl/N-ethyl adjacent to an activating group) is 1. The van der Waals surface area contributed by atoms with Crippen LogP contribution in [-0.2, 0) is 11.0 Å². The molecule has 0 unspecified atom stereocenters. The Morgan fingerprint density at radius 2 is 1.81 bits per heavy atom. The second-order valence-electron chi connectivity index (χ2n) is 4.20. The fourth-order valence-electron chi connectivity index (χ4n) is 1.56. The van der Waals surface area contributed by atoms with E-state index >= 15 is 0 Å². The highest BCUT2D eigenvalue weighted by molar-refractivity contribution is 5.95. The molecule has 4 nitrogen and oxygen atoms in total. The second kappa shape index (κ2) is 8.96. The summed E-state index contributed by atoms with van der Waals surface area (Å²) in [5.41, 5.74) is -0.143. The molecule has 0 radical (unpaired) electrons. The van der Waals surface area contributed by atoms with Crippen LogP contribution in [0.5, 0.6) is 0 Å². The summed E-state index contributed by atoms with van der Waals surface area (Å²) in [5, 5.41) is 5.10. The topological polar surface area (TPSA) is 44.4 Å². The van der Waals surface area contributed by atoms with Gasteiger partial charge in [-0.15, -0.1) is 24.8 Å². The minimum Gasteiger partial charge on any atom is -0.376 e. The van der Waals surface area contributed by atoms with E-state index in [1.165, 1.54) is 6.07 Å². The first-order valence-electron chi connectivity index (χ1n) is 5.58. The first-order chi connectivity index (χ1) is 8.75. The molecule has 0 heterocycles. The number of hydrogen-bond donors (Lipinski definition) is 2. The summed E-state index contributed by atoms with van der Waals surface area (Å²) in [6.07, 6.45) is -4.44. The van der Waals surface area contributed by atoms with E-state index in [-0.39, 0.29) is 37.0 Å². The number of hydrogen-bond acceptors (Lipinski definition) is 3. The molecule has 122 valence electrons. The van der Waals surface area contributed by atoms with Crippen molar-refractivity contribution in [3.8, 4) is 0 Å². The zero-order valence-corrected chi connectivity index (χ0v) is 13.4. The molecule has 1 aromatic carbocycles. The molecule has 9 heteroatoms. The molecular formula is C12H18Cl2F3N3O. The lowest BCUT2D eigenvalue weighted by atomic mass is 10.1. The van der Waals surface area contributed by atoms with Gasteiger partial charge in [0.15, 0.2) is 0 Å². The second-order valence-corrected chi connectivity index (χ2v) is 4.20. The summed E-state index contributed by atoms with van der Waals surface area (Å²) in [4.78, 5) is 13.1. The van der Waals surface area contributed by atoms with Crippen molar-refractivity contribution in [2.75, 3.05) is 37.9 Å². The predicted molar refractivity (Wildman–Crippen MR) is 82.8 cm³/mol. The van der Waals surface area contributed by atoms with Crippen LogP contribution >= 0.6 is 24.8 Å². The standard InChI is InChI=1S/C12H16F3N3O.2ClH/c1-16-7-11(19)17-9-6-8(12(13,14)15)4-5-10(9)18(2)3;;/h4-6,16H,7H2,1-3H3,(H,17,19);2*1H. The smallest absolute Gasteiger partial charge is 0.376 e. The maximum absolute atomic E-state index is 12.6. The summed E-state index contributed by atoms with van der Waals surface area (Å²) >= 11 is 0. The number of amides is 1. The molecule has 0 aliphatic rings. The Bertz CT molecular complexity index is 468. The van der Waals surface area contributed by atoms with E-state index in [1.807, 2.05) is 0 Å².